The van der Waals surface area contributed by atoms with Crippen LogP contribution in [0.4, 0.5) is 17.2 Å². The molecule has 0 saturated heterocycles. The van der Waals surface area contributed by atoms with Crippen LogP contribution in [0.15, 0.2) is 96.3 Å². The van der Waals surface area contributed by atoms with Crippen molar-refractivity contribution in [3.05, 3.63) is 124 Å². The summed E-state index contributed by atoms with van der Waals surface area (Å²) in [6.07, 6.45) is 6.77. The number of rotatable bonds is 8. The minimum Gasteiger partial charge on any atom is -0.489 e. The van der Waals surface area contributed by atoms with Gasteiger partial charge in [0.2, 0.25) is 0 Å². The fourth-order valence-corrected chi connectivity index (χ4v) is 4.45. The molecule has 2 N–H and O–H groups in total. The van der Waals surface area contributed by atoms with Crippen LogP contribution < -0.4 is 20.9 Å². The van der Waals surface area contributed by atoms with E-state index in [9.17, 15) is 9.59 Å². The summed E-state index contributed by atoms with van der Waals surface area (Å²) in [5.41, 5.74) is 5.53. The largest absolute Gasteiger partial charge is 0.489 e. The summed E-state index contributed by atoms with van der Waals surface area (Å²) in [7, 11) is 1.68. The zero-order valence-corrected chi connectivity index (χ0v) is 24.9. The highest BCUT2D eigenvalue weighted by atomic mass is 16.5. The number of amides is 1. The third kappa shape index (κ3) is 6.95. The molecule has 5 aromatic rings. The molecule has 5 rings (SSSR count). The van der Waals surface area contributed by atoms with Crippen LogP contribution in [-0.2, 0) is 19.1 Å². The second-order valence-corrected chi connectivity index (χ2v) is 11.3. The lowest BCUT2D eigenvalue weighted by atomic mass is 9.91. The van der Waals surface area contributed by atoms with E-state index < -0.39 is 0 Å². The van der Waals surface area contributed by atoms with Gasteiger partial charge in [-0.05, 0) is 61.0 Å². The highest BCUT2D eigenvalue weighted by Gasteiger charge is 2.17. The number of ether oxygens (including phenoxy) is 1. The van der Waals surface area contributed by atoms with Crippen molar-refractivity contribution >= 4 is 23.1 Å². The Labute approximate surface area is 250 Å². The van der Waals surface area contributed by atoms with E-state index in [4.69, 9.17) is 4.74 Å². The van der Waals surface area contributed by atoms with Gasteiger partial charge in [0.15, 0.2) is 5.82 Å². The van der Waals surface area contributed by atoms with Gasteiger partial charge in [0.1, 0.15) is 12.4 Å². The molecule has 9 nitrogen and oxygen atoms in total. The van der Waals surface area contributed by atoms with Crippen molar-refractivity contribution in [1.29, 1.82) is 0 Å². The lowest BCUT2D eigenvalue weighted by Crippen LogP contribution is -2.21. The molecule has 0 fully saturated rings. The first-order chi connectivity index (χ1) is 20.6. The number of anilines is 3. The highest BCUT2D eigenvalue weighted by molar-refractivity contribution is 6.04. The van der Waals surface area contributed by atoms with E-state index in [2.05, 4.69) is 46.4 Å². The molecule has 1 amide bonds. The Morgan fingerprint density at radius 3 is 2.44 bits per heavy atom. The van der Waals surface area contributed by atoms with Crippen molar-refractivity contribution < 1.29 is 9.53 Å². The first kappa shape index (κ1) is 29.2. The van der Waals surface area contributed by atoms with Crippen LogP contribution >= 0.6 is 0 Å². The van der Waals surface area contributed by atoms with Crippen molar-refractivity contribution in [3.63, 3.8) is 0 Å². The molecule has 2 aromatic carbocycles. The van der Waals surface area contributed by atoms with E-state index in [1.807, 2.05) is 67.6 Å². The number of carbonyl (C=O) groups excluding carboxylic acids is 1. The number of nitrogens with one attached hydrogen (secondary N) is 2. The molecule has 0 saturated carbocycles. The van der Waals surface area contributed by atoms with Crippen LogP contribution in [-0.4, -0.2) is 25.4 Å². The summed E-state index contributed by atoms with van der Waals surface area (Å²) in [6.45, 7) is 8.56. The summed E-state index contributed by atoms with van der Waals surface area (Å²) in [5.74, 6) is 0.624. The fourth-order valence-electron chi connectivity index (χ4n) is 4.45. The van der Waals surface area contributed by atoms with Gasteiger partial charge in [-0.2, -0.15) is 0 Å². The zero-order chi connectivity index (χ0) is 30.6. The smallest absolute Gasteiger partial charge is 0.293 e. The number of hydrogen-bond donors (Lipinski definition) is 2. The second-order valence-electron chi connectivity index (χ2n) is 11.3. The molecule has 0 aliphatic rings. The van der Waals surface area contributed by atoms with Gasteiger partial charge in [-0.3, -0.25) is 19.6 Å². The number of nitrogens with zero attached hydrogens (tertiary/aromatic N) is 4. The minimum atomic E-state index is -0.269. The maximum absolute atomic E-state index is 13.0. The van der Waals surface area contributed by atoms with Crippen LogP contribution in [0.1, 0.15) is 48.0 Å². The van der Waals surface area contributed by atoms with E-state index in [1.165, 1.54) is 4.57 Å². The Kier molecular flexibility index (Phi) is 8.34. The summed E-state index contributed by atoms with van der Waals surface area (Å²) in [4.78, 5) is 39.2. The van der Waals surface area contributed by atoms with Gasteiger partial charge in [0.05, 0.1) is 11.3 Å². The quantitative estimate of drug-likeness (QED) is 0.220. The van der Waals surface area contributed by atoms with Gasteiger partial charge in [0.25, 0.3) is 11.5 Å². The monoisotopic (exact) mass is 574 g/mol. The topological polar surface area (TPSA) is 111 Å². The molecule has 0 radical (unpaired) electrons. The molecule has 43 heavy (non-hydrogen) atoms. The Balaban J connectivity index is 1.33. The summed E-state index contributed by atoms with van der Waals surface area (Å²) in [6, 6.07) is 20.4. The molecule has 3 heterocycles. The molecule has 0 spiro atoms. The number of hydrogen-bond acceptors (Lipinski definition) is 7. The maximum atomic E-state index is 13.0. The van der Waals surface area contributed by atoms with Crippen molar-refractivity contribution in [3.8, 4) is 17.0 Å². The third-order valence-corrected chi connectivity index (χ3v) is 6.97. The third-order valence-electron chi connectivity index (χ3n) is 6.97. The number of carbonyl (C=O) groups is 1. The SMILES string of the molecule is Cc1c(NC(=O)c2ccc(C(C)(C)C)nc2)cccc1-c1cn(C)c(=O)c(Nc2ccc(OCc3cccnc3)cc2)n1. The van der Waals surface area contributed by atoms with Gasteiger partial charge >= 0.3 is 0 Å². The number of aromatic nitrogens is 4. The van der Waals surface area contributed by atoms with Crippen molar-refractivity contribution in [1.82, 2.24) is 19.5 Å². The van der Waals surface area contributed by atoms with Crippen molar-refractivity contribution in [2.24, 2.45) is 7.05 Å². The van der Waals surface area contributed by atoms with Crippen LogP contribution in [0.25, 0.3) is 11.3 Å². The van der Waals surface area contributed by atoms with E-state index in [-0.39, 0.29) is 22.7 Å². The van der Waals surface area contributed by atoms with Crippen LogP contribution in [0, 0.1) is 6.92 Å². The average molecular weight is 575 g/mol. The Morgan fingerprint density at radius 1 is 0.977 bits per heavy atom. The van der Waals surface area contributed by atoms with E-state index in [1.54, 1.807) is 37.9 Å². The summed E-state index contributed by atoms with van der Waals surface area (Å²) in [5, 5.41) is 6.14. The molecule has 0 aliphatic heterocycles. The Hall–Kier alpha value is -5.31. The first-order valence-electron chi connectivity index (χ1n) is 13.9. The summed E-state index contributed by atoms with van der Waals surface area (Å²) >= 11 is 0. The lowest BCUT2D eigenvalue weighted by Gasteiger charge is -2.18. The summed E-state index contributed by atoms with van der Waals surface area (Å²) < 4.78 is 7.32. The Bertz CT molecular complexity index is 1790. The molecular formula is C34H34N6O3. The standard InChI is InChI=1S/C34H34N6O3/c1-22-27(9-6-10-28(22)39-32(41)24-11-16-30(36-19-24)34(2,3)4)29-20-40(5)33(42)31(38-29)37-25-12-14-26(15-13-25)43-21-23-8-7-17-35-18-23/h6-20H,21H2,1-5H3,(H,37,38)(H,39,41). The normalized spacial score (nSPS) is 11.2. The number of aryl methyl sites for hydroxylation is 1. The van der Waals surface area contributed by atoms with E-state index in [0.717, 1.165) is 22.4 Å². The highest BCUT2D eigenvalue weighted by Crippen LogP contribution is 2.29. The molecule has 0 bridgehead atoms. The second kappa shape index (κ2) is 12.3. The lowest BCUT2D eigenvalue weighted by molar-refractivity contribution is 0.102. The predicted molar refractivity (Wildman–Crippen MR) is 169 cm³/mol. The van der Waals surface area contributed by atoms with Crippen LogP contribution in [0.3, 0.4) is 0 Å². The molecule has 9 heteroatoms. The maximum Gasteiger partial charge on any atom is 0.293 e. The molecule has 0 atom stereocenters. The van der Waals surface area contributed by atoms with Gasteiger partial charge in [-0.25, -0.2) is 4.98 Å². The van der Waals surface area contributed by atoms with E-state index in [0.29, 0.717) is 35.0 Å². The zero-order valence-electron chi connectivity index (χ0n) is 24.9. The predicted octanol–water partition coefficient (Wildman–Crippen LogP) is 6.42. The van der Waals surface area contributed by atoms with Gasteiger partial charge in [0, 0.05) is 65.4 Å². The molecular weight excluding hydrogens is 540 g/mol. The van der Waals surface area contributed by atoms with Crippen LogP contribution in [0.2, 0.25) is 0 Å². The molecule has 0 aliphatic carbocycles. The van der Waals surface area contributed by atoms with E-state index >= 15 is 0 Å². The molecule has 218 valence electrons. The Morgan fingerprint density at radius 2 is 1.77 bits per heavy atom. The average Bonchev–Trinajstić information content (AvgIpc) is 3.00. The van der Waals surface area contributed by atoms with Crippen molar-refractivity contribution in [2.75, 3.05) is 10.6 Å². The van der Waals surface area contributed by atoms with Crippen LogP contribution in [0.5, 0.6) is 5.75 Å². The number of pyridine rings is 2. The van der Waals surface area contributed by atoms with Gasteiger partial charge in [-0.1, -0.05) is 39.0 Å². The van der Waals surface area contributed by atoms with Gasteiger partial charge < -0.3 is 19.9 Å². The number of benzene rings is 2. The van der Waals surface area contributed by atoms with Crippen molar-refractivity contribution in [2.45, 2.75) is 39.7 Å². The molecule has 0 unspecified atom stereocenters. The minimum absolute atomic E-state index is 0.102. The van der Waals surface area contributed by atoms with Gasteiger partial charge in [-0.15, -0.1) is 0 Å². The fraction of sp³-hybridized carbons (Fsp3) is 0.206. The first-order valence-corrected chi connectivity index (χ1v) is 13.9. The molecule has 3 aromatic heterocycles.